The first kappa shape index (κ1) is 22.6. The Morgan fingerprint density at radius 1 is 0.848 bits per heavy atom. The van der Waals surface area contributed by atoms with Gasteiger partial charge in [-0.3, -0.25) is 9.69 Å². The van der Waals surface area contributed by atoms with E-state index in [4.69, 9.17) is 32.7 Å². The van der Waals surface area contributed by atoms with E-state index >= 15 is 0 Å². The number of unbranched alkanes of at least 4 members (excludes halogenated alkanes) is 1. The average molecular weight is 490 g/mol. The zero-order valence-corrected chi connectivity index (χ0v) is 20.2. The number of fused-ring (bicyclic) bond motifs is 2. The van der Waals surface area contributed by atoms with E-state index in [1.165, 1.54) is 0 Å². The van der Waals surface area contributed by atoms with Crippen molar-refractivity contribution in [2.45, 2.75) is 19.3 Å². The molecule has 0 spiro atoms. The Hall–Kier alpha value is -2.15. The Kier molecular flexibility index (Phi) is 6.86. The van der Waals surface area contributed by atoms with Crippen molar-refractivity contribution in [2.75, 3.05) is 63.9 Å². The van der Waals surface area contributed by atoms with Crippen LogP contribution in [0.4, 0.5) is 5.69 Å². The lowest BCUT2D eigenvalue weighted by Crippen LogP contribution is -2.47. The van der Waals surface area contributed by atoms with Crippen LogP contribution in [0.15, 0.2) is 30.3 Å². The second kappa shape index (κ2) is 10.00. The highest BCUT2D eigenvalue weighted by Crippen LogP contribution is 2.42. The summed E-state index contributed by atoms with van der Waals surface area (Å²) < 4.78 is 11.6. The largest absolute Gasteiger partial charge is 0.486 e. The highest BCUT2D eigenvalue weighted by molar-refractivity contribution is 6.31. The van der Waals surface area contributed by atoms with Crippen molar-refractivity contribution in [1.29, 1.82) is 0 Å². The number of rotatable bonds is 6. The van der Waals surface area contributed by atoms with Crippen LogP contribution in [-0.4, -0.2) is 74.7 Å². The molecule has 176 valence electrons. The van der Waals surface area contributed by atoms with Crippen molar-refractivity contribution < 1.29 is 14.3 Å². The van der Waals surface area contributed by atoms with Crippen LogP contribution in [0.1, 0.15) is 28.8 Å². The fourth-order valence-corrected chi connectivity index (χ4v) is 5.30. The van der Waals surface area contributed by atoms with Gasteiger partial charge in [0, 0.05) is 60.9 Å². The van der Waals surface area contributed by atoms with Gasteiger partial charge < -0.3 is 19.3 Å². The molecule has 0 radical (unpaired) electrons. The van der Waals surface area contributed by atoms with E-state index in [-0.39, 0.29) is 5.91 Å². The quantitative estimate of drug-likeness (QED) is 0.563. The van der Waals surface area contributed by atoms with Crippen LogP contribution in [0.25, 0.3) is 0 Å². The van der Waals surface area contributed by atoms with Crippen LogP contribution in [0.5, 0.6) is 11.5 Å². The standard InChI is InChI=1S/C25H29Cl2N3O3/c26-19-3-4-21-18(15-19)5-8-30(25(21)31)7-2-1-6-28-9-11-29(12-10-28)22-16-20(27)17-23-24(22)33-14-13-32-23/h3-4,15-17H,1-2,5-14H2. The second-order valence-electron chi connectivity index (χ2n) is 8.83. The van der Waals surface area contributed by atoms with Gasteiger partial charge in [0.1, 0.15) is 13.2 Å². The summed E-state index contributed by atoms with van der Waals surface area (Å²) in [7, 11) is 0. The number of piperazine rings is 1. The number of halogens is 2. The van der Waals surface area contributed by atoms with Crippen LogP contribution in [0.2, 0.25) is 10.0 Å². The minimum Gasteiger partial charge on any atom is -0.486 e. The minimum absolute atomic E-state index is 0.137. The Labute approximate surface area is 204 Å². The molecule has 33 heavy (non-hydrogen) atoms. The molecular formula is C25H29Cl2N3O3. The van der Waals surface area contributed by atoms with Crippen LogP contribution < -0.4 is 14.4 Å². The van der Waals surface area contributed by atoms with E-state index in [1.807, 2.05) is 29.2 Å². The lowest BCUT2D eigenvalue weighted by atomic mass is 9.99. The molecule has 0 aliphatic carbocycles. The maximum Gasteiger partial charge on any atom is 0.254 e. The predicted molar refractivity (Wildman–Crippen MR) is 131 cm³/mol. The summed E-state index contributed by atoms with van der Waals surface area (Å²) in [4.78, 5) is 19.6. The van der Waals surface area contributed by atoms with Crippen molar-refractivity contribution in [3.05, 3.63) is 51.5 Å². The highest BCUT2D eigenvalue weighted by Gasteiger charge is 2.26. The van der Waals surface area contributed by atoms with Crippen LogP contribution >= 0.6 is 23.2 Å². The summed E-state index contributed by atoms with van der Waals surface area (Å²) in [5.41, 5.74) is 2.90. The Morgan fingerprint density at radius 2 is 1.64 bits per heavy atom. The van der Waals surface area contributed by atoms with Gasteiger partial charge in [-0.15, -0.1) is 0 Å². The first-order valence-corrected chi connectivity index (χ1v) is 12.5. The minimum atomic E-state index is 0.137. The summed E-state index contributed by atoms with van der Waals surface area (Å²) in [5.74, 6) is 1.69. The molecule has 6 nitrogen and oxygen atoms in total. The fraction of sp³-hybridized carbons (Fsp3) is 0.480. The van der Waals surface area contributed by atoms with Gasteiger partial charge >= 0.3 is 0 Å². The fourth-order valence-electron chi connectivity index (χ4n) is 4.91. The molecular weight excluding hydrogens is 461 g/mol. The van der Waals surface area contributed by atoms with Gasteiger partial charge in [0.25, 0.3) is 5.91 Å². The molecule has 0 N–H and O–H groups in total. The topological polar surface area (TPSA) is 45.3 Å². The summed E-state index contributed by atoms with van der Waals surface area (Å²) in [6.45, 7) is 7.63. The van der Waals surface area contributed by atoms with E-state index in [9.17, 15) is 4.79 Å². The smallest absolute Gasteiger partial charge is 0.254 e. The van der Waals surface area contributed by atoms with Crippen LogP contribution in [0, 0.1) is 0 Å². The molecule has 8 heteroatoms. The molecule has 0 saturated carbocycles. The van der Waals surface area contributed by atoms with Gasteiger partial charge in [-0.05, 0) is 55.6 Å². The Morgan fingerprint density at radius 3 is 2.48 bits per heavy atom. The lowest BCUT2D eigenvalue weighted by Gasteiger charge is -2.37. The summed E-state index contributed by atoms with van der Waals surface area (Å²) in [6.07, 6.45) is 2.98. The third-order valence-corrected chi connectivity index (χ3v) is 7.14. The molecule has 2 aromatic carbocycles. The molecule has 0 unspecified atom stereocenters. The van der Waals surface area contributed by atoms with Gasteiger partial charge in [0.15, 0.2) is 11.5 Å². The first-order chi connectivity index (χ1) is 16.1. The number of hydrogen-bond donors (Lipinski definition) is 0. The average Bonchev–Trinajstić information content (AvgIpc) is 2.83. The number of ether oxygens (including phenoxy) is 2. The third-order valence-electron chi connectivity index (χ3n) is 6.69. The van der Waals surface area contributed by atoms with Crippen molar-refractivity contribution in [3.63, 3.8) is 0 Å². The molecule has 1 fully saturated rings. The maximum absolute atomic E-state index is 12.8. The van der Waals surface area contributed by atoms with Gasteiger partial charge in [0.05, 0.1) is 5.69 Å². The van der Waals surface area contributed by atoms with E-state index in [0.717, 1.165) is 93.4 Å². The van der Waals surface area contributed by atoms with Gasteiger partial charge in [-0.1, -0.05) is 23.2 Å². The molecule has 3 heterocycles. The number of nitrogens with zero attached hydrogens (tertiary/aromatic N) is 3. The van der Waals surface area contributed by atoms with Gasteiger partial charge in [-0.2, -0.15) is 0 Å². The van der Waals surface area contributed by atoms with E-state index in [0.29, 0.717) is 23.3 Å². The number of hydrogen-bond acceptors (Lipinski definition) is 5. The zero-order valence-electron chi connectivity index (χ0n) is 18.7. The highest BCUT2D eigenvalue weighted by atomic mass is 35.5. The third kappa shape index (κ3) is 5.03. The number of carbonyl (C=O) groups excluding carboxylic acids is 1. The van der Waals surface area contributed by atoms with Crippen LogP contribution in [-0.2, 0) is 6.42 Å². The molecule has 0 aromatic heterocycles. The molecule has 1 saturated heterocycles. The molecule has 2 aromatic rings. The van der Waals surface area contributed by atoms with Crippen LogP contribution in [0.3, 0.4) is 0 Å². The molecule has 0 bridgehead atoms. The SMILES string of the molecule is O=C1c2ccc(Cl)cc2CCN1CCCCN1CCN(c2cc(Cl)cc3c2OCCO3)CC1. The normalized spacial score (nSPS) is 18.4. The lowest BCUT2D eigenvalue weighted by molar-refractivity contribution is 0.0735. The zero-order chi connectivity index (χ0) is 22.8. The maximum atomic E-state index is 12.8. The van der Waals surface area contributed by atoms with Gasteiger partial charge in [0.2, 0.25) is 0 Å². The molecule has 5 rings (SSSR count). The number of benzene rings is 2. The van der Waals surface area contributed by atoms with Gasteiger partial charge in [-0.25, -0.2) is 0 Å². The van der Waals surface area contributed by atoms with E-state index < -0.39 is 0 Å². The molecule has 1 amide bonds. The van der Waals surface area contributed by atoms with E-state index in [1.54, 1.807) is 6.07 Å². The van der Waals surface area contributed by atoms with Crippen molar-refractivity contribution >= 4 is 34.8 Å². The number of amides is 1. The second-order valence-corrected chi connectivity index (χ2v) is 9.70. The Balaban J connectivity index is 1.08. The molecule has 3 aliphatic rings. The van der Waals surface area contributed by atoms with Crippen molar-refractivity contribution in [1.82, 2.24) is 9.80 Å². The number of anilines is 1. The number of carbonyl (C=O) groups is 1. The first-order valence-electron chi connectivity index (χ1n) is 11.7. The summed E-state index contributed by atoms with van der Waals surface area (Å²) in [6, 6.07) is 9.40. The molecule has 0 atom stereocenters. The van der Waals surface area contributed by atoms with Crippen molar-refractivity contribution in [3.8, 4) is 11.5 Å². The summed E-state index contributed by atoms with van der Waals surface area (Å²) in [5, 5.41) is 1.38. The predicted octanol–water partition coefficient (Wildman–Crippen LogP) is 4.37. The monoisotopic (exact) mass is 489 g/mol. The molecule has 3 aliphatic heterocycles. The van der Waals surface area contributed by atoms with Crippen molar-refractivity contribution in [2.24, 2.45) is 0 Å². The Bertz CT molecular complexity index is 1020. The van der Waals surface area contributed by atoms with E-state index in [2.05, 4.69) is 9.80 Å². The summed E-state index contributed by atoms with van der Waals surface area (Å²) >= 11 is 12.4.